The average molecular weight is 362 g/mol. The van der Waals surface area contributed by atoms with Crippen LogP contribution in [-0.4, -0.2) is 20.7 Å². The number of hydrogen-bond acceptors (Lipinski definition) is 2. The molecule has 1 unspecified atom stereocenters. The topological polar surface area (TPSA) is 62.7 Å². The third-order valence-corrected chi connectivity index (χ3v) is 5.36. The number of aryl methyl sites for hydroxylation is 2. The second-order valence-electron chi connectivity index (χ2n) is 8.38. The predicted molar refractivity (Wildman–Crippen MR) is 106 cm³/mol. The molecule has 0 fully saturated rings. The van der Waals surface area contributed by atoms with E-state index < -0.39 is 0 Å². The van der Waals surface area contributed by atoms with Crippen molar-refractivity contribution in [2.75, 3.05) is 0 Å². The molecule has 1 aromatic carbocycles. The van der Waals surface area contributed by atoms with Crippen molar-refractivity contribution in [2.24, 2.45) is 5.41 Å². The Kier molecular flexibility index (Phi) is 4.17. The van der Waals surface area contributed by atoms with E-state index in [0.717, 1.165) is 35.3 Å². The van der Waals surface area contributed by atoms with Gasteiger partial charge in [-0.3, -0.25) is 4.79 Å². The van der Waals surface area contributed by atoms with Gasteiger partial charge in [-0.1, -0.05) is 32.0 Å². The summed E-state index contributed by atoms with van der Waals surface area (Å²) in [5, 5.41) is 7.89. The van der Waals surface area contributed by atoms with Crippen molar-refractivity contribution in [3.8, 4) is 5.69 Å². The van der Waals surface area contributed by atoms with Gasteiger partial charge < -0.3 is 10.3 Å². The number of rotatable bonds is 3. The normalized spacial score (nSPS) is 18.1. The minimum absolute atomic E-state index is 0.0447. The highest BCUT2D eigenvalue weighted by Gasteiger charge is 2.36. The molecule has 1 aliphatic carbocycles. The number of fused-ring (bicyclic) bond motifs is 1. The Balaban J connectivity index is 1.69. The van der Waals surface area contributed by atoms with Crippen LogP contribution in [0.3, 0.4) is 0 Å². The molecule has 140 valence electrons. The lowest BCUT2D eigenvalue weighted by Gasteiger charge is -2.36. The number of H-pyrrole nitrogens is 1. The lowest BCUT2D eigenvalue weighted by Crippen LogP contribution is -2.37. The van der Waals surface area contributed by atoms with Gasteiger partial charge in [0.25, 0.3) is 5.91 Å². The summed E-state index contributed by atoms with van der Waals surface area (Å²) >= 11 is 0. The van der Waals surface area contributed by atoms with Gasteiger partial charge in [0.15, 0.2) is 0 Å². The van der Waals surface area contributed by atoms with E-state index in [1.807, 2.05) is 49.0 Å². The molecule has 2 N–H and O–H groups in total. The minimum atomic E-state index is -0.0540. The molecule has 0 spiro atoms. The first-order chi connectivity index (χ1) is 12.8. The zero-order valence-electron chi connectivity index (χ0n) is 16.3. The van der Waals surface area contributed by atoms with Crippen molar-refractivity contribution in [1.82, 2.24) is 20.1 Å². The monoisotopic (exact) mass is 362 g/mol. The first-order valence-corrected chi connectivity index (χ1v) is 9.43. The fraction of sp³-hybridized carbons (Fsp3) is 0.364. The van der Waals surface area contributed by atoms with Gasteiger partial charge in [-0.05, 0) is 55.9 Å². The molecular weight excluding hydrogens is 336 g/mol. The predicted octanol–water partition coefficient (Wildman–Crippen LogP) is 4.26. The highest BCUT2D eigenvalue weighted by molar-refractivity contribution is 5.94. The Bertz CT molecular complexity index is 981. The van der Waals surface area contributed by atoms with Crippen LogP contribution >= 0.6 is 0 Å². The molecule has 0 bridgehead atoms. The van der Waals surface area contributed by atoms with E-state index >= 15 is 0 Å². The summed E-state index contributed by atoms with van der Waals surface area (Å²) in [6.07, 6.45) is 3.74. The molecule has 5 heteroatoms. The summed E-state index contributed by atoms with van der Waals surface area (Å²) in [7, 11) is 0. The maximum Gasteiger partial charge on any atom is 0.268 e. The summed E-state index contributed by atoms with van der Waals surface area (Å²) in [4.78, 5) is 16.1. The molecule has 27 heavy (non-hydrogen) atoms. The average Bonchev–Trinajstić information content (AvgIpc) is 3.17. The van der Waals surface area contributed by atoms with Crippen LogP contribution in [0.15, 0.2) is 42.6 Å². The van der Waals surface area contributed by atoms with Crippen LogP contribution in [0.1, 0.15) is 59.3 Å². The van der Waals surface area contributed by atoms with E-state index in [1.54, 1.807) is 0 Å². The first-order valence-electron chi connectivity index (χ1n) is 9.43. The minimum Gasteiger partial charge on any atom is -0.354 e. The number of carbonyl (C=O) groups is 1. The highest BCUT2D eigenvalue weighted by atomic mass is 16.2. The van der Waals surface area contributed by atoms with Crippen molar-refractivity contribution in [3.05, 3.63) is 70.8 Å². The molecule has 1 atom stereocenters. The number of aromatic amines is 1. The molecule has 0 saturated carbocycles. The Morgan fingerprint density at radius 2 is 2.00 bits per heavy atom. The lowest BCUT2D eigenvalue weighted by molar-refractivity contribution is 0.0914. The molecule has 1 amide bonds. The van der Waals surface area contributed by atoms with E-state index in [2.05, 4.69) is 41.4 Å². The largest absolute Gasteiger partial charge is 0.354 e. The van der Waals surface area contributed by atoms with Crippen LogP contribution in [0, 0.1) is 19.3 Å². The fourth-order valence-electron chi connectivity index (χ4n) is 4.16. The molecular formula is C22H26N4O. The smallest absolute Gasteiger partial charge is 0.268 e. The van der Waals surface area contributed by atoms with Crippen molar-refractivity contribution in [1.29, 1.82) is 0 Å². The van der Waals surface area contributed by atoms with E-state index in [0.29, 0.717) is 5.69 Å². The summed E-state index contributed by atoms with van der Waals surface area (Å²) in [6.45, 7) is 8.43. The van der Waals surface area contributed by atoms with Gasteiger partial charge in [0.2, 0.25) is 0 Å². The molecule has 4 rings (SSSR count). The Morgan fingerprint density at radius 3 is 2.67 bits per heavy atom. The number of para-hydroxylation sites is 1. The summed E-state index contributed by atoms with van der Waals surface area (Å²) in [6, 6.07) is 12.1. The van der Waals surface area contributed by atoms with Crippen molar-refractivity contribution < 1.29 is 4.79 Å². The van der Waals surface area contributed by atoms with Gasteiger partial charge in [-0.15, -0.1) is 0 Å². The molecule has 3 aromatic rings. The third-order valence-electron chi connectivity index (χ3n) is 5.36. The maximum absolute atomic E-state index is 12.9. The Labute approximate surface area is 159 Å². The molecule has 0 radical (unpaired) electrons. The second-order valence-corrected chi connectivity index (χ2v) is 8.38. The number of nitrogens with zero attached hydrogens (tertiary/aromatic N) is 2. The molecule has 0 saturated heterocycles. The summed E-state index contributed by atoms with van der Waals surface area (Å²) in [5.74, 6) is -0.0540. The lowest BCUT2D eigenvalue weighted by atomic mass is 9.74. The highest BCUT2D eigenvalue weighted by Crippen LogP contribution is 2.41. The standard InChI is InChI=1S/C22H26N4O/c1-14-10-15(2)24-20(14)21(27)25-18-11-22(3,4)12-19-17(18)13-23-26(19)16-8-6-5-7-9-16/h5-10,13,18,24H,11-12H2,1-4H3,(H,25,27). The number of carbonyl (C=O) groups excluding carboxylic acids is 1. The van der Waals surface area contributed by atoms with E-state index in [4.69, 9.17) is 0 Å². The zero-order valence-corrected chi connectivity index (χ0v) is 16.3. The first kappa shape index (κ1) is 17.6. The molecule has 5 nitrogen and oxygen atoms in total. The number of benzene rings is 1. The van der Waals surface area contributed by atoms with Crippen LogP contribution in [-0.2, 0) is 6.42 Å². The maximum atomic E-state index is 12.9. The van der Waals surface area contributed by atoms with Crippen molar-refractivity contribution in [2.45, 2.75) is 46.6 Å². The van der Waals surface area contributed by atoms with E-state index in [9.17, 15) is 4.79 Å². The van der Waals surface area contributed by atoms with Crippen LogP contribution in [0.5, 0.6) is 0 Å². The third kappa shape index (κ3) is 3.29. The van der Waals surface area contributed by atoms with Gasteiger partial charge >= 0.3 is 0 Å². The van der Waals surface area contributed by atoms with Gasteiger partial charge in [-0.25, -0.2) is 4.68 Å². The van der Waals surface area contributed by atoms with Crippen LogP contribution in [0.25, 0.3) is 5.69 Å². The Hall–Kier alpha value is -2.82. The molecule has 2 heterocycles. The Morgan fingerprint density at radius 1 is 1.26 bits per heavy atom. The summed E-state index contributed by atoms with van der Waals surface area (Å²) in [5.41, 5.74) is 6.05. The second kappa shape index (κ2) is 6.41. The van der Waals surface area contributed by atoms with Gasteiger partial charge in [0, 0.05) is 11.3 Å². The van der Waals surface area contributed by atoms with Gasteiger partial charge in [0.05, 0.1) is 23.6 Å². The number of nitrogens with one attached hydrogen (secondary N) is 2. The van der Waals surface area contributed by atoms with E-state index in [-0.39, 0.29) is 17.4 Å². The van der Waals surface area contributed by atoms with Crippen molar-refractivity contribution >= 4 is 5.91 Å². The molecule has 2 aromatic heterocycles. The quantitative estimate of drug-likeness (QED) is 0.731. The summed E-state index contributed by atoms with van der Waals surface area (Å²) < 4.78 is 2.01. The van der Waals surface area contributed by atoms with Crippen molar-refractivity contribution in [3.63, 3.8) is 0 Å². The fourth-order valence-corrected chi connectivity index (χ4v) is 4.16. The van der Waals surface area contributed by atoms with Crippen LogP contribution in [0.4, 0.5) is 0 Å². The molecule has 0 aliphatic heterocycles. The number of aromatic nitrogens is 3. The van der Waals surface area contributed by atoms with Gasteiger partial charge in [0.1, 0.15) is 5.69 Å². The zero-order chi connectivity index (χ0) is 19.2. The van der Waals surface area contributed by atoms with Gasteiger partial charge in [-0.2, -0.15) is 5.10 Å². The van der Waals surface area contributed by atoms with E-state index in [1.165, 1.54) is 5.69 Å². The SMILES string of the molecule is Cc1cc(C)c(C(=O)NC2CC(C)(C)Cc3c2cnn3-c2ccccc2)[nH]1. The van der Waals surface area contributed by atoms with Crippen LogP contribution < -0.4 is 5.32 Å². The number of hydrogen-bond donors (Lipinski definition) is 2. The van der Waals surface area contributed by atoms with Crippen LogP contribution in [0.2, 0.25) is 0 Å². The molecule has 1 aliphatic rings. The number of amides is 1.